The molecule has 0 radical (unpaired) electrons. The minimum Gasteiger partial charge on any atom is -0.490 e. The molecule has 0 heterocycles. The van der Waals surface area contributed by atoms with E-state index in [0.29, 0.717) is 26.4 Å². The van der Waals surface area contributed by atoms with Crippen LogP contribution in [0, 0.1) is 13.8 Å². The second-order valence-corrected chi connectivity index (χ2v) is 6.67. The first kappa shape index (κ1) is 21.8. The molecule has 5 nitrogen and oxygen atoms in total. The van der Waals surface area contributed by atoms with Gasteiger partial charge in [0, 0.05) is 6.54 Å². The van der Waals surface area contributed by atoms with Crippen molar-refractivity contribution in [3.05, 3.63) is 58.7 Å². The highest BCUT2D eigenvalue weighted by atomic mass is 16.5. The summed E-state index contributed by atoms with van der Waals surface area (Å²) in [4.78, 5) is 12.0. The standard InChI is InChI=1S/C23H31NO4/c1-5-27-21-10-8-19(14-22(21)28-6-2)11-12-24-23(25)16-26-15-20-9-7-17(3)13-18(20)4/h7-10,13-14H,5-6,11-12,15-16H2,1-4H3,(H,24,25). The zero-order valence-electron chi connectivity index (χ0n) is 17.3. The van der Waals surface area contributed by atoms with Crippen molar-refractivity contribution in [1.82, 2.24) is 5.32 Å². The first-order chi connectivity index (χ1) is 13.5. The zero-order valence-corrected chi connectivity index (χ0v) is 17.3. The van der Waals surface area contributed by atoms with Crippen LogP contribution in [0.3, 0.4) is 0 Å². The molecule has 2 aromatic rings. The fourth-order valence-electron chi connectivity index (χ4n) is 2.91. The number of hydrogen-bond donors (Lipinski definition) is 1. The van der Waals surface area contributed by atoms with Gasteiger partial charge in [0.25, 0.3) is 0 Å². The second-order valence-electron chi connectivity index (χ2n) is 6.67. The lowest BCUT2D eigenvalue weighted by atomic mass is 10.1. The summed E-state index contributed by atoms with van der Waals surface area (Å²) in [5.41, 5.74) is 4.60. The summed E-state index contributed by atoms with van der Waals surface area (Å²) >= 11 is 0. The van der Waals surface area contributed by atoms with Gasteiger partial charge in [-0.3, -0.25) is 4.79 Å². The first-order valence-corrected chi connectivity index (χ1v) is 9.82. The Morgan fingerprint density at radius 3 is 2.43 bits per heavy atom. The Balaban J connectivity index is 1.75. The molecule has 1 N–H and O–H groups in total. The van der Waals surface area contributed by atoms with Gasteiger partial charge in [0.1, 0.15) is 6.61 Å². The maximum atomic E-state index is 12.0. The summed E-state index contributed by atoms with van der Waals surface area (Å²) in [6.45, 7) is 10.2. The van der Waals surface area contributed by atoms with Crippen LogP contribution in [-0.2, 0) is 22.6 Å². The lowest BCUT2D eigenvalue weighted by Gasteiger charge is -2.13. The van der Waals surface area contributed by atoms with Crippen LogP contribution in [-0.4, -0.2) is 32.3 Å². The Labute approximate surface area is 168 Å². The van der Waals surface area contributed by atoms with Crippen molar-refractivity contribution >= 4 is 5.91 Å². The van der Waals surface area contributed by atoms with Gasteiger partial charge in [-0.1, -0.05) is 29.8 Å². The number of carbonyl (C=O) groups excluding carboxylic acids is 1. The third-order valence-corrected chi connectivity index (χ3v) is 4.33. The van der Waals surface area contributed by atoms with Crippen LogP contribution < -0.4 is 14.8 Å². The van der Waals surface area contributed by atoms with Gasteiger partial charge >= 0.3 is 0 Å². The van der Waals surface area contributed by atoms with E-state index < -0.39 is 0 Å². The minimum absolute atomic E-state index is 0.0563. The summed E-state index contributed by atoms with van der Waals surface area (Å²) in [5.74, 6) is 1.38. The van der Waals surface area contributed by atoms with E-state index in [-0.39, 0.29) is 12.5 Å². The lowest BCUT2D eigenvalue weighted by Crippen LogP contribution is -2.29. The Morgan fingerprint density at radius 1 is 0.964 bits per heavy atom. The van der Waals surface area contributed by atoms with Gasteiger partial charge in [-0.05, 0) is 62.9 Å². The van der Waals surface area contributed by atoms with Crippen molar-refractivity contribution in [1.29, 1.82) is 0 Å². The molecule has 0 aliphatic rings. The Hall–Kier alpha value is -2.53. The van der Waals surface area contributed by atoms with Gasteiger partial charge in [-0.15, -0.1) is 0 Å². The van der Waals surface area contributed by atoms with E-state index in [9.17, 15) is 4.79 Å². The Morgan fingerprint density at radius 2 is 1.71 bits per heavy atom. The van der Waals surface area contributed by atoms with Gasteiger partial charge in [0.05, 0.1) is 19.8 Å². The van der Waals surface area contributed by atoms with Crippen LogP contribution in [0.15, 0.2) is 36.4 Å². The molecule has 5 heteroatoms. The third kappa shape index (κ3) is 6.89. The van der Waals surface area contributed by atoms with Gasteiger partial charge in [-0.2, -0.15) is 0 Å². The molecule has 0 unspecified atom stereocenters. The molecule has 28 heavy (non-hydrogen) atoms. The van der Waals surface area contributed by atoms with Crippen molar-refractivity contribution < 1.29 is 19.0 Å². The van der Waals surface area contributed by atoms with Crippen molar-refractivity contribution in [2.75, 3.05) is 26.4 Å². The quantitative estimate of drug-likeness (QED) is 0.636. The van der Waals surface area contributed by atoms with Crippen LogP contribution in [0.2, 0.25) is 0 Å². The monoisotopic (exact) mass is 385 g/mol. The summed E-state index contributed by atoms with van der Waals surface area (Å²) in [7, 11) is 0. The number of nitrogens with one attached hydrogen (secondary N) is 1. The molecule has 2 aromatic carbocycles. The summed E-state index contributed by atoms with van der Waals surface area (Å²) in [6.07, 6.45) is 0.718. The first-order valence-electron chi connectivity index (χ1n) is 9.82. The van der Waals surface area contributed by atoms with Crippen LogP contribution in [0.4, 0.5) is 0 Å². The number of aryl methyl sites for hydroxylation is 2. The highest BCUT2D eigenvalue weighted by Gasteiger charge is 2.07. The molecule has 0 spiro atoms. The molecule has 152 valence electrons. The van der Waals surface area contributed by atoms with E-state index >= 15 is 0 Å². The van der Waals surface area contributed by atoms with E-state index in [1.54, 1.807) is 0 Å². The fourth-order valence-corrected chi connectivity index (χ4v) is 2.91. The van der Waals surface area contributed by atoms with E-state index in [2.05, 4.69) is 31.3 Å². The third-order valence-electron chi connectivity index (χ3n) is 4.33. The number of ether oxygens (including phenoxy) is 3. The molecule has 2 rings (SSSR count). The zero-order chi connectivity index (χ0) is 20.4. The van der Waals surface area contributed by atoms with Crippen molar-refractivity contribution in [3.8, 4) is 11.5 Å². The molecule has 0 bridgehead atoms. The largest absolute Gasteiger partial charge is 0.490 e. The molecule has 0 aromatic heterocycles. The predicted octanol–water partition coefficient (Wildman–Crippen LogP) is 3.98. The molecule has 0 saturated carbocycles. The highest BCUT2D eigenvalue weighted by molar-refractivity contribution is 5.77. The maximum absolute atomic E-state index is 12.0. The molecule has 0 saturated heterocycles. The molecule has 0 aliphatic carbocycles. The average molecular weight is 386 g/mol. The molecule has 0 atom stereocenters. The number of carbonyl (C=O) groups is 1. The van der Waals surface area contributed by atoms with E-state index in [0.717, 1.165) is 29.0 Å². The van der Waals surface area contributed by atoms with Crippen LogP contribution in [0.1, 0.15) is 36.1 Å². The van der Waals surface area contributed by atoms with Gasteiger partial charge in [-0.25, -0.2) is 0 Å². The SMILES string of the molecule is CCOc1ccc(CCNC(=O)COCc2ccc(C)cc2C)cc1OCC. The predicted molar refractivity (Wildman–Crippen MR) is 111 cm³/mol. The van der Waals surface area contributed by atoms with Gasteiger partial charge in [0.15, 0.2) is 11.5 Å². The second kappa shape index (κ2) is 11.3. The minimum atomic E-state index is -0.110. The normalized spacial score (nSPS) is 10.6. The average Bonchev–Trinajstić information content (AvgIpc) is 2.66. The molecule has 1 amide bonds. The van der Waals surface area contributed by atoms with Crippen molar-refractivity contribution in [3.63, 3.8) is 0 Å². The lowest BCUT2D eigenvalue weighted by molar-refractivity contribution is -0.126. The van der Waals surface area contributed by atoms with Gasteiger partial charge in [0.2, 0.25) is 5.91 Å². The number of hydrogen-bond acceptors (Lipinski definition) is 4. The van der Waals surface area contributed by atoms with E-state index in [1.807, 2.05) is 38.1 Å². The molecular weight excluding hydrogens is 354 g/mol. The topological polar surface area (TPSA) is 56.8 Å². The maximum Gasteiger partial charge on any atom is 0.246 e. The summed E-state index contributed by atoms with van der Waals surface area (Å²) in [5, 5.41) is 2.90. The Kier molecular flexibility index (Phi) is 8.82. The van der Waals surface area contributed by atoms with E-state index in [4.69, 9.17) is 14.2 Å². The van der Waals surface area contributed by atoms with Crippen molar-refractivity contribution in [2.24, 2.45) is 0 Å². The van der Waals surface area contributed by atoms with Crippen molar-refractivity contribution in [2.45, 2.75) is 40.7 Å². The van der Waals surface area contributed by atoms with Crippen LogP contribution in [0.5, 0.6) is 11.5 Å². The number of benzene rings is 2. The molecular formula is C23H31NO4. The highest BCUT2D eigenvalue weighted by Crippen LogP contribution is 2.28. The van der Waals surface area contributed by atoms with Crippen LogP contribution in [0.25, 0.3) is 0 Å². The fraction of sp³-hybridized carbons (Fsp3) is 0.435. The molecule has 0 fully saturated rings. The van der Waals surface area contributed by atoms with Gasteiger partial charge < -0.3 is 19.5 Å². The summed E-state index contributed by atoms with van der Waals surface area (Å²) < 4.78 is 16.8. The number of amides is 1. The van der Waals surface area contributed by atoms with Crippen LogP contribution >= 0.6 is 0 Å². The Bertz CT molecular complexity index is 773. The summed E-state index contributed by atoms with van der Waals surface area (Å²) in [6, 6.07) is 12.1. The van der Waals surface area contributed by atoms with E-state index in [1.165, 1.54) is 11.1 Å². The smallest absolute Gasteiger partial charge is 0.246 e. The number of rotatable bonds is 11. The molecule has 0 aliphatic heterocycles.